The number of aromatic hydroxyl groups is 1. The van der Waals surface area contributed by atoms with Crippen molar-refractivity contribution in [2.75, 3.05) is 13.7 Å². The Morgan fingerprint density at radius 3 is 2.92 bits per heavy atom. The number of para-hydroxylation sites is 1. The normalized spacial score (nSPS) is 9.31. The summed E-state index contributed by atoms with van der Waals surface area (Å²) >= 11 is 0. The molecule has 1 aromatic carbocycles. The molecule has 0 atom stereocenters. The first-order valence-corrected chi connectivity index (χ1v) is 3.89. The van der Waals surface area contributed by atoms with Gasteiger partial charge in [0.2, 0.25) is 5.75 Å². The smallest absolute Gasteiger partial charge is 0.203 e. The molecule has 0 bridgehead atoms. The zero-order valence-electron chi connectivity index (χ0n) is 7.49. The average molecular weight is 180 g/mol. The molecule has 0 aliphatic rings. The highest BCUT2D eigenvalue weighted by atomic mass is 16.5. The number of rotatable bonds is 4. The van der Waals surface area contributed by atoms with Crippen molar-refractivity contribution in [1.29, 1.82) is 0 Å². The van der Waals surface area contributed by atoms with Crippen LogP contribution in [0.5, 0.6) is 17.2 Å². The second-order valence-corrected chi connectivity index (χ2v) is 2.41. The fourth-order valence-electron chi connectivity index (χ4n) is 0.952. The molecule has 13 heavy (non-hydrogen) atoms. The zero-order chi connectivity index (χ0) is 9.68. The molecule has 3 nitrogen and oxygen atoms in total. The van der Waals surface area contributed by atoms with Crippen molar-refractivity contribution in [3.8, 4) is 17.2 Å². The van der Waals surface area contributed by atoms with E-state index < -0.39 is 0 Å². The largest absolute Gasteiger partial charge is 0.504 e. The second kappa shape index (κ2) is 4.40. The Hall–Kier alpha value is -1.64. The van der Waals surface area contributed by atoms with E-state index in [1.165, 1.54) is 7.11 Å². The number of phenolic OH excluding ortho intramolecular Hbond substituents is 1. The number of phenols is 1. The summed E-state index contributed by atoms with van der Waals surface area (Å²) in [4.78, 5) is 0. The zero-order valence-corrected chi connectivity index (χ0v) is 7.49. The van der Waals surface area contributed by atoms with Gasteiger partial charge >= 0.3 is 0 Å². The number of benzene rings is 1. The first-order valence-electron chi connectivity index (χ1n) is 3.89. The lowest BCUT2D eigenvalue weighted by atomic mass is 10.3. The highest BCUT2D eigenvalue weighted by Gasteiger charge is 2.07. The molecule has 1 N–H and O–H groups in total. The summed E-state index contributed by atoms with van der Waals surface area (Å²) in [6, 6.07) is 4.95. The third kappa shape index (κ3) is 2.15. The standard InChI is InChI=1S/C10H12O3/c1-3-7-13-10-8(11)5-4-6-9(10)12-2/h3-6,11H,1,7H2,2H3. The van der Waals surface area contributed by atoms with Crippen molar-refractivity contribution in [1.82, 2.24) is 0 Å². The molecule has 0 heterocycles. The van der Waals surface area contributed by atoms with Crippen LogP contribution in [0.25, 0.3) is 0 Å². The van der Waals surface area contributed by atoms with E-state index in [1.807, 2.05) is 0 Å². The maximum atomic E-state index is 9.41. The predicted octanol–water partition coefficient (Wildman–Crippen LogP) is 1.97. The number of hydrogen-bond acceptors (Lipinski definition) is 3. The first kappa shape index (κ1) is 9.45. The minimum Gasteiger partial charge on any atom is -0.504 e. The third-order valence-electron chi connectivity index (χ3n) is 1.52. The van der Waals surface area contributed by atoms with E-state index in [0.717, 1.165) is 0 Å². The highest BCUT2D eigenvalue weighted by Crippen LogP contribution is 2.35. The van der Waals surface area contributed by atoms with Gasteiger partial charge in [-0.3, -0.25) is 0 Å². The molecule has 0 saturated heterocycles. The van der Waals surface area contributed by atoms with Gasteiger partial charge < -0.3 is 14.6 Å². The minimum atomic E-state index is 0.0706. The second-order valence-electron chi connectivity index (χ2n) is 2.41. The molecular formula is C10H12O3. The van der Waals surface area contributed by atoms with Gasteiger partial charge in [0.25, 0.3) is 0 Å². The van der Waals surface area contributed by atoms with Crippen LogP contribution in [-0.2, 0) is 0 Å². The van der Waals surface area contributed by atoms with Crippen LogP contribution in [0, 0.1) is 0 Å². The van der Waals surface area contributed by atoms with Crippen LogP contribution < -0.4 is 9.47 Å². The van der Waals surface area contributed by atoms with Crippen LogP contribution in [0.1, 0.15) is 0 Å². The Labute approximate surface area is 77.2 Å². The molecule has 0 unspecified atom stereocenters. The van der Waals surface area contributed by atoms with Gasteiger partial charge in [0.05, 0.1) is 7.11 Å². The molecule has 3 heteroatoms. The molecular weight excluding hydrogens is 168 g/mol. The first-order chi connectivity index (χ1) is 6.29. The van der Waals surface area contributed by atoms with E-state index in [9.17, 15) is 5.11 Å². The maximum absolute atomic E-state index is 9.41. The summed E-state index contributed by atoms with van der Waals surface area (Å²) in [7, 11) is 1.52. The Bertz CT molecular complexity index is 294. The summed E-state index contributed by atoms with van der Waals surface area (Å²) in [5.41, 5.74) is 0. The van der Waals surface area contributed by atoms with Crippen LogP contribution in [0.4, 0.5) is 0 Å². The van der Waals surface area contributed by atoms with Crippen molar-refractivity contribution in [2.45, 2.75) is 0 Å². The molecule has 1 aromatic rings. The van der Waals surface area contributed by atoms with Crippen LogP contribution in [0.2, 0.25) is 0 Å². The Morgan fingerprint density at radius 2 is 2.31 bits per heavy atom. The van der Waals surface area contributed by atoms with Crippen molar-refractivity contribution in [2.24, 2.45) is 0 Å². The van der Waals surface area contributed by atoms with E-state index in [1.54, 1.807) is 24.3 Å². The average Bonchev–Trinajstić information content (AvgIpc) is 2.15. The molecule has 0 aliphatic carbocycles. The van der Waals surface area contributed by atoms with Gasteiger partial charge in [-0.05, 0) is 12.1 Å². The van der Waals surface area contributed by atoms with Crippen molar-refractivity contribution >= 4 is 0 Å². The molecule has 0 aliphatic heterocycles. The number of methoxy groups -OCH3 is 1. The van der Waals surface area contributed by atoms with Crippen LogP contribution in [0.15, 0.2) is 30.9 Å². The lowest BCUT2D eigenvalue weighted by Gasteiger charge is -2.09. The molecule has 70 valence electrons. The third-order valence-corrected chi connectivity index (χ3v) is 1.52. The van der Waals surface area contributed by atoms with Gasteiger partial charge in [0.1, 0.15) is 6.61 Å². The summed E-state index contributed by atoms with van der Waals surface area (Å²) < 4.78 is 10.2. The maximum Gasteiger partial charge on any atom is 0.203 e. The van der Waals surface area contributed by atoms with Gasteiger partial charge in [0.15, 0.2) is 11.5 Å². The summed E-state index contributed by atoms with van der Waals surface area (Å²) in [6.45, 7) is 3.85. The number of ether oxygens (including phenoxy) is 2. The van der Waals surface area contributed by atoms with Crippen molar-refractivity contribution in [3.63, 3.8) is 0 Å². The molecule has 1 rings (SSSR count). The fourth-order valence-corrected chi connectivity index (χ4v) is 0.952. The van der Waals surface area contributed by atoms with E-state index in [0.29, 0.717) is 18.1 Å². The minimum absolute atomic E-state index is 0.0706. The quantitative estimate of drug-likeness (QED) is 0.720. The molecule has 0 radical (unpaired) electrons. The van der Waals surface area contributed by atoms with Gasteiger partial charge in [-0.15, -0.1) is 0 Å². The summed E-state index contributed by atoms with van der Waals surface area (Å²) in [5.74, 6) is 0.938. The van der Waals surface area contributed by atoms with E-state index in [-0.39, 0.29) is 5.75 Å². The Morgan fingerprint density at radius 1 is 1.54 bits per heavy atom. The van der Waals surface area contributed by atoms with Crippen molar-refractivity contribution < 1.29 is 14.6 Å². The summed E-state index contributed by atoms with van der Waals surface area (Å²) in [6.07, 6.45) is 1.60. The van der Waals surface area contributed by atoms with Crippen LogP contribution in [0.3, 0.4) is 0 Å². The highest BCUT2D eigenvalue weighted by molar-refractivity contribution is 5.50. The van der Waals surface area contributed by atoms with Gasteiger partial charge in [-0.1, -0.05) is 18.7 Å². The topological polar surface area (TPSA) is 38.7 Å². The number of hydrogen-bond donors (Lipinski definition) is 1. The van der Waals surface area contributed by atoms with Gasteiger partial charge in [0, 0.05) is 0 Å². The molecule has 0 fully saturated rings. The van der Waals surface area contributed by atoms with Crippen LogP contribution >= 0.6 is 0 Å². The van der Waals surface area contributed by atoms with Gasteiger partial charge in [-0.25, -0.2) is 0 Å². The predicted molar refractivity (Wildman–Crippen MR) is 50.4 cm³/mol. The Kier molecular flexibility index (Phi) is 3.20. The van der Waals surface area contributed by atoms with E-state index >= 15 is 0 Å². The van der Waals surface area contributed by atoms with Crippen molar-refractivity contribution in [3.05, 3.63) is 30.9 Å². The fraction of sp³-hybridized carbons (Fsp3) is 0.200. The van der Waals surface area contributed by atoms with Gasteiger partial charge in [-0.2, -0.15) is 0 Å². The van der Waals surface area contributed by atoms with E-state index in [4.69, 9.17) is 9.47 Å². The SMILES string of the molecule is C=CCOc1c(O)cccc1OC. The monoisotopic (exact) mass is 180 g/mol. The van der Waals surface area contributed by atoms with E-state index in [2.05, 4.69) is 6.58 Å². The molecule has 0 saturated carbocycles. The lowest BCUT2D eigenvalue weighted by Crippen LogP contribution is -1.96. The molecule has 0 amide bonds. The lowest BCUT2D eigenvalue weighted by molar-refractivity contribution is 0.307. The molecule has 0 aromatic heterocycles. The summed E-state index contributed by atoms with van der Waals surface area (Å²) in [5, 5.41) is 9.41. The van der Waals surface area contributed by atoms with Crippen LogP contribution in [-0.4, -0.2) is 18.8 Å². The Balaban J connectivity index is 2.93. The molecule has 0 spiro atoms.